The van der Waals surface area contributed by atoms with Gasteiger partial charge in [-0.15, -0.1) is 12.4 Å². The minimum atomic E-state index is 0. The van der Waals surface area contributed by atoms with Crippen LogP contribution in [0.5, 0.6) is 0 Å². The molecule has 1 saturated carbocycles. The van der Waals surface area contributed by atoms with E-state index in [1.807, 2.05) is 0 Å². The van der Waals surface area contributed by atoms with Gasteiger partial charge in [-0.05, 0) is 42.7 Å². The Morgan fingerprint density at radius 1 is 1.05 bits per heavy atom. The number of nitrogens with one attached hydrogen (secondary N) is 2. The fourth-order valence-electron chi connectivity index (χ4n) is 1.95. The highest BCUT2D eigenvalue weighted by Crippen LogP contribution is 2.32. The lowest BCUT2D eigenvalue weighted by Crippen LogP contribution is -2.34. The molecule has 0 aromatic heterocycles. The standard InChI is InChI=1S/C10H18N6S2.ClH/c1-10(2)4-6(13-15-8(11)17)3-7(5-10)14-16-9(12)18;/h3-5H2,1-2H3,(H3,11,15,17)(H3,12,16,18);1H/b13-6-,14-7+;. The maximum atomic E-state index is 5.35. The quantitative estimate of drug-likeness (QED) is 0.447. The zero-order valence-corrected chi connectivity index (χ0v) is 13.3. The summed E-state index contributed by atoms with van der Waals surface area (Å²) in [5, 5.41) is 8.68. The van der Waals surface area contributed by atoms with Crippen molar-refractivity contribution in [3.05, 3.63) is 0 Å². The molecule has 6 N–H and O–H groups in total. The molecule has 0 aliphatic heterocycles. The summed E-state index contributed by atoms with van der Waals surface area (Å²) in [4.78, 5) is 0. The average molecular weight is 323 g/mol. The summed E-state index contributed by atoms with van der Waals surface area (Å²) in [6.07, 6.45) is 2.40. The summed E-state index contributed by atoms with van der Waals surface area (Å²) in [6, 6.07) is 0. The topological polar surface area (TPSA) is 101 Å². The number of halogens is 1. The van der Waals surface area contributed by atoms with E-state index in [0.29, 0.717) is 6.42 Å². The number of hydrogen-bond donors (Lipinski definition) is 4. The van der Waals surface area contributed by atoms with Gasteiger partial charge in [0.05, 0.1) is 0 Å². The Labute approximate surface area is 129 Å². The highest BCUT2D eigenvalue weighted by Gasteiger charge is 2.29. The van der Waals surface area contributed by atoms with Crippen molar-refractivity contribution in [3.63, 3.8) is 0 Å². The number of hydrogen-bond acceptors (Lipinski definition) is 4. The molecule has 1 aliphatic rings. The van der Waals surface area contributed by atoms with E-state index in [-0.39, 0.29) is 28.0 Å². The lowest BCUT2D eigenvalue weighted by molar-refractivity contribution is 0.388. The van der Waals surface area contributed by atoms with Crippen LogP contribution in [0.25, 0.3) is 0 Å². The molecule has 108 valence electrons. The largest absolute Gasteiger partial charge is 0.375 e. The predicted molar refractivity (Wildman–Crippen MR) is 89.6 cm³/mol. The summed E-state index contributed by atoms with van der Waals surface area (Å²) < 4.78 is 0. The molecule has 0 bridgehead atoms. The Balaban J connectivity index is 0.00000324. The van der Waals surface area contributed by atoms with Crippen LogP contribution in [0.15, 0.2) is 10.2 Å². The van der Waals surface area contributed by atoms with Crippen molar-refractivity contribution in [3.8, 4) is 0 Å². The van der Waals surface area contributed by atoms with Crippen molar-refractivity contribution >= 4 is 58.5 Å². The van der Waals surface area contributed by atoms with Crippen LogP contribution in [0.3, 0.4) is 0 Å². The van der Waals surface area contributed by atoms with E-state index < -0.39 is 0 Å². The second-order valence-electron chi connectivity index (χ2n) is 5.00. The molecule has 1 fully saturated rings. The summed E-state index contributed by atoms with van der Waals surface area (Å²) in [6.45, 7) is 4.30. The molecule has 0 unspecified atom stereocenters. The van der Waals surface area contributed by atoms with Crippen LogP contribution in [0, 0.1) is 5.41 Å². The predicted octanol–water partition coefficient (Wildman–Crippen LogP) is 0.997. The molecular formula is C10H19ClN6S2. The number of thiocarbonyl (C=S) groups is 2. The Bertz CT molecular complexity index is 382. The zero-order chi connectivity index (χ0) is 13.8. The van der Waals surface area contributed by atoms with Gasteiger partial charge in [-0.2, -0.15) is 10.2 Å². The number of rotatable bonds is 2. The van der Waals surface area contributed by atoms with Crippen molar-refractivity contribution in [2.75, 3.05) is 0 Å². The third-order valence-corrected chi connectivity index (χ3v) is 2.60. The molecule has 9 heteroatoms. The van der Waals surface area contributed by atoms with E-state index in [1.165, 1.54) is 0 Å². The highest BCUT2D eigenvalue weighted by atomic mass is 35.5. The molecule has 0 spiro atoms. The lowest BCUT2D eigenvalue weighted by Gasteiger charge is -2.31. The molecule has 0 radical (unpaired) electrons. The van der Waals surface area contributed by atoms with E-state index >= 15 is 0 Å². The number of nitrogens with zero attached hydrogens (tertiary/aromatic N) is 2. The molecule has 0 aromatic rings. The first-order valence-electron chi connectivity index (χ1n) is 5.50. The van der Waals surface area contributed by atoms with Crippen LogP contribution >= 0.6 is 36.8 Å². The molecule has 1 rings (SSSR count). The lowest BCUT2D eigenvalue weighted by atomic mass is 9.75. The van der Waals surface area contributed by atoms with E-state index in [0.717, 1.165) is 24.3 Å². The van der Waals surface area contributed by atoms with Crippen LogP contribution in [-0.2, 0) is 0 Å². The molecule has 19 heavy (non-hydrogen) atoms. The van der Waals surface area contributed by atoms with Gasteiger partial charge < -0.3 is 11.5 Å². The molecule has 0 saturated heterocycles. The zero-order valence-electron chi connectivity index (χ0n) is 10.9. The average Bonchev–Trinajstić information content (AvgIpc) is 2.21. The van der Waals surface area contributed by atoms with Gasteiger partial charge in [0.25, 0.3) is 0 Å². The third kappa shape index (κ3) is 7.24. The van der Waals surface area contributed by atoms with Gasteiger partial charge in [0, 0.05) is 17.8 Å². The molecule has 0 atom stereocenters. The minimum absolute atomic E-state index is 0. The fourth-order valence-corrected chi connectivity index (χ4v) is 2.05. The Kier molecular flexibility index (Phi) is 7.17. The first-order chi connectivity index (χ1) is 8.28. The molecule has 0 heterocycles. The van der Waals surface area contributed by atoms with Gasteiger partial charge in [0.15, 0.2) is 10.2 Å². The first kappa shape index (κ1) is 18.0. The summed E-state index contributed by atoms with van der Waals surface area (Å²) in [5.41, 5.74) is 17.9. The molecule has 0 aromatic carbocycles. The SMILES string of the molecule is CC1(C)C/C(=N/NC(N)=S)C/C(=N/NC(N)=S)C1.Cl. The molecule has 6 nitrogen and oxygen atoms in total. The van der Waals surface area contributed by atoms with Crippen molar-refractivity contribution in [2.45, 2.75) is 33.1 Å². The first-order valence-corrected chi connectivity index (χ1v) is 6.32. The van der Waals surface area contributed by atoms with Gasteiger partial charge in [-0.3, -0.25) is 10.9 Å². The van der Waals surface area contributed by atoms with E-state index in [1.54, 1.807) is 0 Å². The molecular weight excluding hydrogens is 304 g/mol. The smallest absolute Gasteiger partial charge is 0.184 e. The second-order valence-corrected chi connectivity index (χ2v) is 5.88. The van der Waals surface area contributed by atoms with Gasteiger partial charge in [-0.25, -0.2) is 0 Å². The van der Waals surface area contributed by atoms with Crippen molar-refractivity contribution in [1.82, 2.24) is 10.9 Å². The number of nitrogens with two attached hydrogens (primary N) is 2. The van der Waals surface area contributed by atoms with Gasteiger partial charge in [-0.1, -0.05) is 13.8 Å². The summed E-state index contributed by atoms with van der Waals surface area (Å²) in [7, 11) is 0. The van der Waals surface area contributed by atoms with Crippen molar-refractivity contribution < 1.29 is 0 Å². The van der Waals surface area contributed by atoms with E-state index in [2.05, 4.69) is 34.9 Å². The third-order valence-electron chi connectivity index (χ3n) is 2.42. The monoisotopic (exact) mass is 322 g/mol. The highest BCUT2D eigenvalue weighted by molar-refractivity contribution is 7.80. The van der Waals surface area contributed by atoms with E-state index in [4.69, 9.17) is 35.9 Å². The van der Waals surface area contributed by atoms with Gasteiger partial charge in [0.1, 0.15) is 0 Å². The van der Waals surface area contributed by atoms with Crippen LogP contribution in [0.4, 0.5) is 0 Å². The second kappa shape index (κ2) is 7.56. The van der Waals surface area contributed by atoms with Gasteiger partial charge >= 0.3 is 0 Å². The minimum Gasteiger partial charge on any atom is -0.375 e. The van der Waals surface area contributed by atoms with Crippen molar-refractivity contribution in [2.24, 2.45) is 27.1 Å². The Hall–Kier alpha value is -0.990. The van der Waals surface area contributed by atoms with Crippen LogP contribution < -0.4 is 22.3 Å². The van der Waals surface area contributed by atoms with Crippen LogP contribution in [-0.4, -0.2) is 21.6 Å². The van der Waals surface area contributed by atoms with E-state index in [9.17, 15) is 0 Å². The van der Waals surface area contributed by atoms with Gasteiger partial charge in [0.2, 0.25) is 0 Å². The van der Waals surface area contributed by atoms with Crippen LogP contribution in [0.1, 0.15) is 33.1 Å². The maximum absolute atomic E-state index is 5.35. The summed E-state index contributed by atoms with van der Waals surface area (Å²) in [5.74, 6) is 0. The Morgan fingerprint density at radius 2 is 1.42 bits per heavy atom. The van der Waals surface area contributed by atoms with Crippen molar-refractivity contribution in [1.29, 1.82) is 0 Å². The molecule has 0 amide bonds. The normalized spacial score (nSPS) is 21.6. The summed E-state index contributed by atoms with van der Waals surface area (Å²) >= 11 is 9.44. The van der Waals surface area contributed by atoms with Crippen LogP contribution in [0.2, 0.25) is 0 Å². The number of hydrazone groups is 2. The molecule has 1 aliphatic carbocycles. The Morgan fingerprint density at radius 3 is 1.74 bits per heavy atom. The maximum Gasteiger partial charge on any atom is 0.184 e. The fraction of sp³-hybridized carbons (Fsp3) is 0.600.